The number of imide groups is 1. The molecule has 0 N–H and O–H groups in total. The third-order valence-electron chi connectivity index (χ3n) is 7.67. The molecule has 3 aromatic rings. The maximum Gasteiger partial charge on any atom is 0.421 e. The quantitative estimate of drug-likeness (QED) is 0.265. The molecule has 234 valence electrons. The van der Waals surface area contributed by atoms with Crippen LogP contribution in [-0.4, -0.2) is 54.0 Å². The Balaban J connectivity index is 1.82. The van der Waals surface area contributed by atoms with Crippen LogP contribution in [0.2, 0.25) is 0 Å². The molecule has 0 saturated heterocycles. The van der Waals surface area contributed by atoms with Gasteiger partial charge < -0.3 is 14.2 Å². The summed E-state index contributed by atoms with van der Waals surface area (Å²) in [6.07, 6.45) is -0.390. The van der Waals surface area contributed by atoms with Gasteiger partial charge in [0.05, 0.1) is 18.5 Å². The minimum Gasteiger partial charge on any atom is -0.467 e. The normalized spacial score (nSPS) is 20.9. The zero-order valence-electron chi connectivity index (χ0n) is 26.6. The highest BCUT2D eigenvalue weighted by atomic mass is 16.6. The van der Waals surface area contributed by atoms with E-state index in [1.807, 2.05) is 48.5 Å². The number of hydrogen-bond acceptors (Lipinski definition) is 8. The van der Waals surface area contributed by atoms with Gasteiger partial charge in [-0.1, -0.05) is 72.8 Å². The lowest BCUT2D eigenvalue weighted by molar-refractivity contribution is -0.166. The molecule has 0 radical (unpaired) electrons. The van der Waals surface area contributed by atoms with Crippen LogP contribution < -0.4 is 4.90 Å². The van der Waals surface area contributed by atoms with Gasteiger partial charge in [-0.25, -0.2) is 14.5 Å². The van der Waals surface area contributed by atoms with Gasteiger partial charge in [-0.3, -0.25) is 14.6 Å². The fraction of sp³-hybridized carbons (Fsp3) is 0.361. The van der Waals surface area contributed by atoms with Crippen LogP contribution in [0.1, 0.15) is 63.8 Å². The van der Waals surface area contributed by atoms with Crippen LogP contribution in [0.4, 0.5) is 10.5 Å². The molecule has 0 aliphatic carbocycles. The first-order valence-corrected chi connectivity index (χ1v) is 14.9. The lowest BCUT2D eigenvalue weighted by Gasteiger charge is -2.34. The molecule has 0 bridgehead atoms. The summed E-state index contributed by atoms with van der Waals surface area (Å²) < 4.78 is 16.7. The highest BCUT2D eigenvalue weighted by Gasteiger charge is 2.69. The van der Waals surface area contributed by atoms with Crippen molar-refractivity contribution in [3.05, 3.63) is 101 Å². The van der Waals surface area contributed by atoms with Gasteiger partial charge in [0, 0.05) is 0 Å². The number of fused-ring (bicyclic) bond motifs is 2. The van der Waals surface area contributed by atoms with E-state index in [1.54, 1.807) is 71.9 Å². The Bertz CT molecular complexity index is 1670. The number of amides is 2. The molecule has 2 aliphatic rings. The van der Waals surface area contributed by atoms with Crippen LogP contribution in [0.3, 0.4) is 0 Å². The first-order valence-electron chi connectivity index (χ1n) is 14.9. The van der Waals surface area contributed by atoms with Crippen molar-refractivity contribution in [2.75, 3.05) is 12.0 Å². The second-order valence-corrected chi connectivity index (χ2v) is 13.3. The summed E-state index contributed by atoms with van der Waals surface area (Å²) in [6, 6.07) is 22.6. The van der Waals surface area contributed by atoms with Gasteiger partial charge in [0.15, 0.2) is 6.04 Å². The van der Waals surface area contributed by atoms with E-state index >= 15 is 4.79 Å². The Morgan fingerprint density at radius 1 is 0.800 bits per heavy atom. The number of anilines is 1. The average molecular weight is 611 g/mol. The number of esters is 2. The Labute approximate surface area is 263 Å². The van der Waals surface area contributed by atoms with Crippen molar-refractivity contribution in [3.8, 4) is 0 Å². The number of nitrogens with zero attached hydrogens (tertiary/aromatic N) is 2. The average Bonchev–Trinajstić information content (AvgIpc) is 3.45. The predicted molar refractivity (Wildman–Crippen MR) is 169 cm³/mol. The lowest BCUT2D eigenvalue weighted by Crippen LogP contribution is -2.56. The molecular weight excluding hydrogens is 572 g/mol. The highest BCUT2D eigenvalue weighted by Crippen LogP contribution is 2.54. The second-order valence-electron chi connectivity index (χ2n) is 13.3. The van der Waals surface area contributed by atoms with Crippen molar-refractivity contribution in [3.63, 3.8) is 0 Å². The zero-order chi connectivity index (χ0) is 32.7. The van der Waals surface area contributed by atoms with Gasteiger partial charge >= 0.3 is 18.0 Å². The molecule has 45 heavy (non-hydrogen) atoms. The van der Waals surface area contributed by atoms with E-state index < -0.39 is 52.5 Å². The van der Waals surface area contributed by atoms with E-state index in [0.717, 1.165) is 16.0 Å². The molecule has 9 nitrogen and oxygen atoms in total. The summed E-state index contributed by atoms with van der Waals surface area (Å²) in [5, 5.41) is 0. The van der Waals surface area contributed by atoms with Crippen molar-refractivity contribution in [2.24, 2.45) is 10.9 Å². The third-order valence-corrected chi connectivity index (χ3v) is 7.67. The summed E-state index contributed by atoms with van der Waals surface area (Å²) in [5.41, 5.74) is -0.661. The molecule has 3 aromatic carbocycles. The summed E-state index contributed by atoms with van der Waals surface area (Å²) in [5.74, 6) is -3.86. The van der Waals surface area contributed by atoms with Gasteiger partial charge in [0.2, 0.25) is 0 Å². The van der Waals surface area contributed by atoms with Gasteiger partial charge in [-0.2, -0.15) is 0 Å². The molecule has 0 saturated carbocycles. The number of aliphatic imine (C=N–C) groups is 1. The van der Waals surface area contributed by atoms with Crippen molar-refractivity contribution in [2.45, 2.75) is 70.6 Å². The minimum absolute atomic E-state index is 0.170. The summed E-state index contributed by atoms with van der Waals surface area (Å²) in [4.78, 5) is 62.3. The Morgan fingerprint density at radius 2 is 1.40 bits per heavy atom. The fourth-order valence-electron chi connectivity index (χ4n) is 6.03. The highest BCUT2D eigenvalue weighted by molar-refractivity contribution is 6.36. The second kappa shape index (κ2) is 11.6. The topological polar surface area (TPSA) is 112 Å². The van der Waals surface area contributed by atoms with Crippen LogP contribution >= 0.6 is 0 Å². The number of methoxy groups -OCH3 is 1. The van der Waals surface area contributed by atoms with Gasteiger partial charge in [-0.05, 0) is 76.3 Å². The number of carbonyl (C=O) groups excluding carboxylic acids is 4. The van der Waals surface area contributed by atoms with Crippen molar-refractivity contribution in [1.29, 1.82) is 0 Å². The first-order chi connectivity index (χ1) is 21.2. The SMILES string of the molecule is COC(=O)C1N=C(c2ccccc2)C2(C(=O)N(C(=O)OC(C)(C)C)c3ccc(Cc4ccccc4)cc32)C1C(=O)OC(C)(C)C. The van der Waals surface area contributed by atoms with E-state index in [0.29, 0.717) is 17.5 Å². The first kappa shape index (κ1) is 31.6. The standard InChI is InChI=1S/C36H38N2O7/c1-34(2,3)44-30(39)27-28(31(40)43-7)37-29(24-16-12-9-13-17-24)36(27)25-21-23(20-22-14-10-8-11-15-22)18-19-26(25)38(32(36)41)33(42)45-35(4,5)6/h8-19,21,27-28H,20H2,1-7H3. The molecule has 2 amide bonds. The van der Waals surface area contributed by atoms with Gasteiger partial charge in [0.1, 0.15) is 22.5 Å². The van der Waals surface area contributed by atoms with Crippen LogP contribution in [0.25, 0.3) is 0 Å². The summed E-state index contributed by atoms with van der Waals surface area (Å²) in [7, 11) is 1.20. The number of ether oxygens (including phenoxy) is 3. The van der Waals surface area contributed by atoms with Crippen LogP contribution in [-0.2, 0) is 40.4 Å². The third kappa shape index (κ3) is 5.87. The number of rotatable bonds is 5. The maximum absolute atomic E-state index is 15.1. The van der Waals surface area contributed by atoms with E-state index in [9.17, 15) is 14.4 Å². The van der Waals surface area contributed by atoms with Crippen LogP contribution in [0.5, 0.6) is 0 Å². The fourth-order valence-corrected chi connectivity index (χ4v) is 6.03. The van der Waals surface area contributed by atoms with E-state index in [4.69, 9.17) is 19.2 Å². The predicted octanol–water partition coefficient (Wildman–Crippen LogP) is 5.80. The molecule has 2 heterocycles. The largest absolute Gasteiger partial charge is 0.467 e. The molecule has 5 rings (SSSR count). The number of carbonyl (C=O) groups is 4. The molecular formula is C36H38N2O7. The molecule has 1 spiro atoms. The van der Waals surface area contributed by atoms with Gasteiger partial charge in [-0.15, -0.1) is 0 Å². The maximum atomic E-state index is 15.1. The lowest BCUT2D eigenvalue weighted by atomic mass is 9.65. The molecule has 3 atom stereocenters. The Kier molecular flexibility index (Phi) is 8.16. The monoisotopic (exact) mass is 610 g/mol. The number of hydrogen-bond donors (Lipinski definition) is 0. The minimum atomic E-state index is -1.92. The molecule has 0 fully saturated rings. The van der Waals surface area contributed by atoms with E-state index in [-0.39, 0.29) is 11.4 Å². The van der Waals surface area contributed by atoms with Gasteiger partial charge in [0.25, 0.3) is 5.91 Å². The smallest absolute Gasteiger partial charge is 0.421 e. The summed E-state index contributed by atoms with van der Waals surface area (Å²) >= 11 is 0. The van der Waals surface area contributed by atoms with Crippen LogP contribution in [0, 0.1) is 5.92 Å². The van der Waals surface area contributed by atoms with E-state index in [1.165, 1.54) is 7.11 Å². The Morgan fingerprint density at radius 3 is 1.98 bits per heavy atom. The molecule has 9 heteroatoms. The molecule has 0 aromatic heterocycles. The van der Waals surface area contributed by atoms with Crippen molar-refractivity contribution < 1.29 is 33.4 Å². The zero-order valence-corrected chi connectivity index (χ0v) is 26.6. The molecule has 2 aliphatic heterocycles. The van der Waals surface area contributed by atoms with E-state index in [2.05, 4.69) is 0 Å². The molecule has 3 unspecified atom stereocenters. The summed E-state index contributed by atoms with van der Waals surface area (Å²) in [6.45, 7) is 10.2. The van der Waals surface area contributed by atoms with Crippen molar-refractivity contribution >= 4 is 35.3 Å². The Hall–Kier alpha value is -4.79. The number of benzene rings is 3. The van der Waals surface area contributed by atoms with Crippen LogP contribution in [0.15, 0.2) is 83.9 Å². The van der Waals surface area contributed by atoms with Crippen molar-refractivity contribution in [1.82, 2.24) is 0 Å².